The quantitative estimate of drug-likeness (QED) is 0.243. The molecular weight excluding hydrogens is 527 g/mol. The van der Waals surface area contributed by atoms with E-state index < -0.39 is 0 Å². The number of anilines is 1. The molecule has 9 nitrogen and oxygen atoms in total. The van der Waals surface area contributed by atoms with Crippen LogP contribution >= 0.6 is 34.9 Å². The van der Waals surface area contributed by atoms with Crippen LogP contribution in [0, 0.1) is 18.3 Å². The number of para-hydroxylation sites is 1. The van der Waals surface area contributed by atoms with Gasteiger partial charge in [0.1, 0.15) is 16.9 Å². The lowest BCUT2D eigenvalue weighted by Gasteiger charge is -2.10. The zero-order valence-corrected chi connectivity index (χ0v) is 22.4. The standard InChI is InChI=1S/C25H23N7O2S3/c1-15-11-21(33)29-24(27-15)35-13-20-30-31-25(32(20)16-7-3-2-4-8-16)36-14-22(34)28-23-18(12-26)17-9-5-6-10-19(17)37-23/h2-4,7-8,11H,5-6,9-10,13-14H2,1H3,(H,28,34)(H,27,29,33). The Morgan fingerprint density at radius 2 is 2.03 bits per heavy atom. The van der Waals surface area contributed by atoms with Gasteiger partial charge in [0.15, 0.2) is 10.3 Å². The van der Waals surface area contributed by atoms with Gasteiger partial charge in [-0.2, -0.15) is 5.26 Å². The summed E-state index contributed by atoms with van der Waals surface area (Å²) >= 11 is 4.16. The zero-order valence-electron chi connectivity index (χ0n) is 20.0. The topological polar surface area (TPSA) is 129 Å². The van der Waals surface area contributed by atoms with Crippen molar-refractivity contribution in [3.05, 3.63) is 74.3 Å². The number of hydrogen-bond donors (Lipinski definition) is 2. The van der Waals surface area contributed by atoms with Crippen molar-refractivity contribution in [2.45, 2.75) is 48.7 Å². The Bertz CT molecular complexity index is 1540. The van der Waals surface area contributed by atoms with E-state index in [0.29, 0.717) is 38.1 Å². The average molecular weight is 550 g/mol. The molecule has 0 aliphatic heterocycles. The highest BCUT2D eigenvalue weighted by Crippen LogP contribution is 2.37. The first-order valence-corrected chi connectivity index (χ1v) is 14.5. The molecule has 188 valence electrons. The first-order chi connectivity index (χ1) is 18.0. The molecule has 5 rings (SSSR count). The summed E-state index contributed by atoms with van der Waals surface area (Å²) in [6.07, 6.45) is 4.05. The van der Waals surface area contributed by atoms with Crippen molar-refractivity contribution in [1.82, 2.24) is 24.7 Å². The number of aromatic amines is 1. The van der Waals surface area contributed by atoms with E-state index in [1.807, 2.05) is 34.9 Å². The number of nitriles is 1. The summed E-state index contributed by atoms with van der Waals surface area (Å²) < 4.78 is 1.91. The van der Waals surface area contributed by atoms with Gasteiger partial charge in [0.2, 0.25) is 5.91 Å². The van der Waals surface area contributed by atoms with E-state index in [1.165, 1.54) is 45.8 Å². The van der Waals surface area contributed by atoms with Crippen LogP contribution in [-0.2, 0) is 23.4 Å². The molecule has 1 amide bonds. The number of H-pyrrole nitrogens is 1. The Morgan fingerprint density at radius 1 is 1.22 bits per heavy atom. The van der Waals surface area contributed by atoms with Crippen LogP contribution < -0.4 is 10.9 Å². The van der Waals surface area contributed by atoms with Gasteiger partial charge in [-0.05, 0) is 50.3 Å². The number of nitrogens with zero attached hydrogens (tertiary/aromatic N) is 5. The number of aromatic nitrogens is 5. The number of rotatable bonds is 8. The maximum Gasteiger partial charge on any atom is 0.251 e. The maximum absolute atomic E-state index is 12.9. The average Bonchev–Trinajstić information content (AvgIpc) is 3.46. The smallest absolute Gasteiger partial charge is 0.251 e. The van der Waals surface area contributed by atoms with Gasteiger partial charge in [-0.15, -0.1) is 21.5 Å². The van der Waals surface area contributed by atoms with Gasteiger partial charge >= 0.3 is 0 Å². The van der Waals surface area contributed by atoms with Gasteiger partial charge in [-0.1, -0.05) is 41.7 Å². The molecule has 1 aliphatic carbocycles. The second-order valence-electron chi connectivity index (χ2n) is 8.41. The summed E-state index contributed by atoms with van der Waals surface area (Å²) in [7, 11) is 0. The van der Waals surface area contributed by atoms with Crippen LogP contribution in [0.25, 0.3) is 5.69 Å². The molecule has 0 saturated heterocycles. The molecule has 0 radical (unpaired) electrons. The van der Waals surface area contributed by atoms with Crippen molar-refractivity contribution in [3.8, 4) is 11.8 Å². The Hall–Kier alpha value is -3.40. The van der Waals surface area contributed by atoms with E-state index in [9.17, 15) is 14.9 Å². The molecule has 0 atom stereocenters. The fraction of sp³-hybridized carbons (Fsp3) is 0.280. The van der Waals surface area contributed by atoms with Crippen molar-refractivity contribution in [3.63, 3.8) is 0 Å². The summed E-state index contributed by atoms with van der Waals surface area (Å²) in [5.74, 6) is 1.02. The molecule has 0 saturated carbocycles. The fourth-order valence-electron chi connectivity index (χ4n) is 4.14. The highest BCUT2D eigenvalue weighted by Gasteiger charge is 2.22. The van der Waals surface area contributed by atoms with Crippen molar-refractivity contribution < 1.29 is 4.79 Å². The van der Waals surface area contributed by atoms with Crippen LogP contribution in [0.1, 0.15) is 40.4 Å². The second-order valence-corrected chi connectivity index (χ2v) is 11.4. The molecule has 37 heavy (non-hydrogen) atoms. The maximum atomic E-state index is 12.9. The third-order valence-corrected chi connectivity index (χ3v) is 8.77. The molecule has 0 unspecified atom stereocenters. The summed E-state index contributed by atoms with van der Waals surface area (Å²) in [5, 5.41) is 23.0. The number of amides is 1. The van der Waals surface area contributed by atoms with E-state index in [-0.39, 0.29) is 17.2 Å². The molecule has 4 aromatic rings. The third-order valence-electron chi connectivity index (χ3n) is 5.77. The SMILES string of the molecule is Cc1cc(=O)[nH]c(SCc2nnc(SCC(=O)Nc3sc4c(c3C#N)CCCC4)n2-c2ccccc2)n1. The molecule has 2 N–H and O–H groups in total. The predicted molar refractivity (Wildman–Crippen MR) is 146 cm³/mol. The molecule has 1 aromatic carbocycles. The lowest BCUT2D eigenvalue weighted by Crippen LogP contribution is -2.14. The third kappa shape index (κ3) is 5.79. The largest absolute Gasteiger partial charge is 0.316 e. The van der Waals surface area contributed by atoms with Gasteiger partial charge < -0.3 is 10.3 Å². The van der Waals surface area contributed by atoms with Gasteiger partial charge in [-0.25, -0.2) is 4.98 Å². The minimum atomic E-state index is -0.201. The van der Waals surface area contributed by atoms with E-state index in [1.54, 1.807) is 6.92 Å². The molecular formula is C25H23N7O2S3. The van der Waals surface area contributed by atoms with Crippen LogP contribution in [0.4, 0.5) is 5.00 Å². The Labute approximate surface area is 225 Å². The summed E-state index contributed by atoms with van der Waals surface area (Å²) in [6, 6.07) is 13.4. The number of benzene rings is 1. The molecule has 12 heteroatoms. The lowest BCUT2D eigenvalue weighted by molar-refractivity contribution is -0.113. The van der Waals surface area contributed by atoms with Crippen LogP contribution in [0.5, 0.6) is 0 Å². The predicted octanol–water partition coefficient (Wildman–Crippen LogP) is 4.49. The van der Waals surface area contributed by atoms with E-state index >= 15 is 0 Å². The van der Waals surface area contributed by atoms with Crippen molar-refractivity contribution in [2.75, 3.05) is 11.1 Å². The Morgan fingerprint density at radius 3 is 2.81 bits per heavy atom. The molecule has 0 spiro atoms. The molecule has 3 heterocycles. The zero-order chi connectivity index (χ0) is 25.8. The fourth-order valence-corrected chi connectivity index (χ4v) is 7.00. The van der Waals surface area contributed by atoms with Crippen molar-refractivity contribution in [2.24, 2.45) is 0 Å². The molecule has 3 aromatic heterocycles. The number of carbonyl (C=O) groups is 1. The number of nitrogens with one attached hydrogen (secondary N) is 2. The first kappa shape index (κ1) is 25.3. The van der Waals surface area contributed by atoms with E-state index in [2.05, 4.69) is 31.6 Å². The first-order valence-electron chi connectivity index (χ1n) is 11.7. The van der Waals surface area contributed by atoms with E-state index in [0.717, 1.165) is 36.9 Å². The number of fused-ring (bicyclic) bond motifs is 1. The van der Waals surface area contributed by atoms with Crippen molar-refractivity contribution in [1.29, 1.82) is 5.26 Å². The highest BCUT2D eigenvalue weighted by molar-refractivity contribution is 7.99. The van der Waals surface area contributed by atoms with Crippen LogP contribution in [0.2, 0.25) is 0 Å². The van der Waals surface area contributed by atoms with Crippen LogP contribution in [0.15, 0.2) is 51.5 Å². The summed E-state index contributed by atoms with van der Waals surface area (Å²) in [5.41, 5.74) is 3.01. The van der Waals surface area contributed by atoms with Gasteiger partial charge in [0, 0.05) is 22.3 Å². The minimum Gasteiger partial charge on any atom is -0.316 e. The normalized spacial score (nSPS) is 12.6. The van der Waals surface area contributed by atoms with Gasteiger partial charge in [0.25, 0.3) is 5.56 Å². The Kier molecular flexibility index (Phi) is 7.73. The molecule has 1 aliphatic rings. The van der Waals surface area contributed by atoms with Crippen LogP contribution in [-0.4, -0.2) is 36.4 Å². The number of hydrogen-bond acceptors (Lipinski definition) is 9. The Balaban J connectivity index is 1.32. The highest BCUT2D eigenvalue weighted by atomic mass is 32.2. The molecule has 0 fully saturated rings. The lowest BCUT2D eigenvalue weighted by atomic mass is 9.96. The van der Waals surface area contributed by atoms with Crippen molar-refractivity contribution >= 4 is 45.8 Å². The minimum absolute atomic E-state index is 0.123. The number of aryl methyl sites for hydroxylation is 2. The van der Waals surface area contributed by atoms with Gasteiger partial charge in [-0.3, -0.25) is 14.2 Å². The van der Waals surface area contributed by atoms with E-state index in [4.69, 9.17) is 0 Å². The summed E-state index contributed by atoms with van der Waals surface area (Å²) in [4.78, 5) is 33.0. The monoisotopic (exact) mass is 549 g/mol. The molecule has 0 bridgehead atoms. The number of carbonyl (C=O) groups excluding carboxylic acids is 1. The van der Waals surface area contributed by atoms with Gasteiger partial charge in [0.05, 0.1) is 17.1 Å². The number of thioether (sulfide) groups is 2. The second kappa shape index (κ2) is 11.3. The van der Waals surface area contributed by atoms with Crippen LogP contribution in [0.3, 0.4) is 0 Å². The summed E-state index contributed by atoms with van der Waals surface area (Å²) in [6.45, 7) is 1.77. The number of thiophene rings is 1.